The second kappa shape index (κ2) is 3.73. The van der Waals surface area contributed by atoms with E-state index in [1.807, 2.05) is 0 Å². The van der Waals surface area contributed by atoms with Gasteiger partial charge in [0.2, 0.25) is 5.82 Å². The summed E-state index contributed by atoms with van der Waals surface area (Å²) in [5.41, 5.74) is 0.0199. The molecule has 0 bridgehead atoms. The molecule has 0 atom stereocenters. The standard InChI is InChI=1S/C11H18F2N4/c1-10(2,3)16-5-6-17-8(7-16)14-15-9(17)11(4,12)13/h5-7H2,1-4H3. The molecule has 1 aliphatic heterocycles. The molecule has 96 valence electrons. The fourth-order valence-corrected chi connectivity index (χ4v) is 2.06. The second-order valence-electron chi connectivity index (χ2n) is 5.57. The molecule has 0 unspecified atom stereocenters. The van der Waals surface area contributed by atoms with Crippen LogP contribution in [0.2, 0.25) is 0 Å². The van der Waals surface area contributed by atoms with E-state index >= 15 is 0 Å². The molecular formula is C11H18F2N4. The Balaban J connectivity index is 2.28. The minimum atomic E-state index is -2.92. The number of alkyl halides is 2. The normalized spacial score (nSPS) is 18.2. The van der Waals surface area contributed by atoms with Crippen LogP contribution in [0.15, 0.2) is 0 Å². The maximum absolute atomic E-state index is 13.3. The number of rotatable bonds is 1. The van der Waals surface area contributed by atoms with Crippen LogP contribution < -0.4 is 0 Å². The number of halogens is 2. The van der Waals surface area contributed by atoms with Gasteiger partial charge < -0.3 is 4.57 Å². The van der Waals surface area contributed by atoms with E-state index in [4.69, 9.17) is 0 Å². The van der Waals surface area contributed by atoms with Gasteiger partial charge in [-0.15, -0.1) is 10.2 Å². The Hall–Kier alpha value is -1.04. The zero-order valence-corrected chi connectivity index (χ0v) is 10.7. The van der Waals surface area contributed by atoms with E-state index < -0.39 is 5.92 Å². The van der Waals surface area contributed by atoms with Gasteiger partial charge in [0.05, 0.1) is 6.54 Å². The summed E-state index contributed by atoms with van der Waals surface area (Å²) in [6.07, 6.45) is 0. The van der Waals surface area contributed by atoms with Gasteiger partial charge in [-0.1, -0.05) is 0 Å². The van der Waals surface area contributed by atoms with Crippen LogP contribution in [0.25, 0.3) is 0 Å². The highest BCUT2D eigenvalue weighted by Crippen LogP contribution is 2.28. The van der Waals surface area contributed by atoms with Crippen molar-refractivity contribution in [2.45, 2.75) is 52.2 Å². The van der Waals surface area contributed by atoms with Gasteiger partial charge >= 0.3 is 5.92 Å². The fraction of sp³-hybridized carbons (Fsp3) is 0.818. The molecule has 0 amide bonds. The maximum atomic E-state index is 13.3. The van der Waals surface area contributed by atoms with Crippen LogP contribution in [0.3, 0.4) is 0 Å². The first-order valence-corrected chi connectivity index (χ1v) is 5.75. The SMILES string of the molecule is CC(F)(F)c1nnc2n1CCN(C(C)(C)C)C2. The lowest BCUT2D eigenvalue weighted by molar-refractivity contribution is 0.000676. The highest BCUT2D eigenvalue weighted by molar-refractivity contribution is 5.04. The summed E-state index contributed by atoms with van der Waals surface area (Å²) in [7, 11) is 0. The average Bonchev–Trinajstić information content (AvgIpc) is 2.57. The minimum absolute atomic E-state index is 0.0199. The first-order chi connectivity index (χ1) is 7.69. The van der Waals surface area contributed by atoms with Gasteiger partial charge in [0.1, 0.15) is 5.82 Å². The molecule has 0 saturated carbocycles. The van der Waals surface area contributed by atoms with Crippen molar-refractivity contribution in [3.63, 3.8) is 0 Å². The zero-order chi connectivity index (χ0) is 12.8. The molecule has 1 aliphatic rings. The Kier molecular flexibility index (Phi) is 2.72. The number of nitrogens with zero attached hydrogens (tertiary/aromatic N) is 4. The fourth-order valence-electron chi connectivity index (χ4n) is 2.06. The number of aromatic nitrogens is 3. The molecule has 0 N–H and O–H groups in total. The number of hydrogen-bond acceptors (Lipinski definition) is 3. The minimum Gasteiger partial charge on any atom is -0.308 e. The lowest BCUT2D eigenvalue weighted by Gasteiger charge is -2.38. The lowest BCUT2D eigenvalue weighted by Crippen LogP contribution is -2.46. The summed E-state index contributed by atoms with van der Waals surface area (Å²) in [6.45, 7) is 9.03. The van der Waals surface area contributed by atoms with Crippen LogP contribution in [0, 0.1) is 0 Å². The first kappa shape index (κ1) is 12.4. The molecule has 0 saturated heterocycles. The summed E-state index contributed by atoms with van der Waals surface area (Å²) in [5.74, 6) is -2.52. The van der Waals surface area contributed by atoms with Crippen LogP contribution in [-0.2, 0) is 19.0 Å². The average molecular weight is 244 g/mol. The molecule has 17 heavy (non-hydrogen) atoms. The van der Waals surface area contributed by atoms with E-state index in [2.05, 4.69) is 35.9 Å². The van der Waals surface area contributed by atoms with Crippen molar-refractivity contribution in [1.29, 1.82) is 0 Å². The molecule has 4 nitrogen and oxygen atoms in total. The third kappa shape index (κ3) is 2.31. The van der Waals surface area contributed by atoms with Gasteiger partial charge in [-0.05, 0) is 20.8 Å². The summed E-state index contributed by atoms with van der Waals surface area (Å²) in [5, 5.41) is 7.50. The Morgan fingerprint density at radius 1 is 1.06 bits per heavy atom. The van der Waals surface area contributed by atoms with Crippen molar-refractivity contribution < 1.29 is 8.78 Å². The summed E-state index contributed by atoms with van der Waals surface area (Å²) in [6, 6.07) is 0. The van der Waals surface area contributed by atoms with E-state index in [0.717, 1.165) is 13.5 Å². The van der Waals surface area contributed by atoms with Crippen molar-refractivity contribution in [1.82, 2.24) is 19.7 Å². The molecule has 2 rings (SSSR count). The quantitative estimate of drug-likeness (QED) is 0.757. The number of hydrogen-bond donors (Lipinski definition) is 0. The molecular weight excluding hydrogens is 226 g/mol. The van der Waals surface area contributed by atoms with Crippen LogP contribution in [0.4, 0.5) is 8.78 Å². The molecule has 6 heteroatoms. The van der Waals surface area contributed by atoms with Gasteiger partial charge in [0.25, 0.3) is 0 Å². The van der Waals surface area contributed by atoms with Crippen molar-refractivity contribution >= 4 is 0 Å². The van der Waals surface area contributed by atoms with E-state index in [1.165, 1.54) is 0 Å². The summed E-state index contributed by atoms with van der Waals surface area (Å²) >= 11 is 0. The van der Waals surface area contributed by atoms with E-state index in [-0.39, 0.29) is 11.4 Å². The predicted octanol–water partition coefficient (Wildman–Crippen LogP) is 2.00. The van der Waals surface area contributed by atoms with Gasteiger partial charge in [-0.25, -0.2) is 0 Å². The number of fused-ring (bicyclic) bond motifs is 1. The molecule has 0 aliphatic carbocycles. The summed E-state index contributed by atoms with van der Waals surface area (Å²) < 4.78 is 28.1. The zero-order valence-electron chi connectivity index (χ0n) is 10.7. The molecule has 0 spiro atoms. The second-order valence-corrected chi connectivity index (χ2v) is 5.57. The first-order valence-electron chi connectivity index (χ1n) is 5.75. The van der Waals surface area contributed by atoms with Crippen molar-refractivity contribution in [2.24, 2.45) is 0 Å². The maximum Gasteiger partial charge on any atom is 0.304 e. The Labute approximate surface area is 99.6 Å². The van der Waals surface area contributed by atoms with E-state index in [0.29, 0.717) is 18.9 Å². The predicted molar refractivity (Wildman–Crippen MR) is 59.8 cm³/mol. The Morgan fingerprint density at radius 3 is 2.24 bits per heavy atom. The van der Waals surface area contributed by atoms with Crippen LogP contribution in [0.1, 0.15) is 39.3 Å². The Morgan fingerprint density at radius 2 is 1.71 bits per heavy atom. The largest absolute Gasteiger partial charge is 0.308 e. The van der Waals surface area contributed by atoms with Crippen LogP contribution >= 0.6 is 0 Å². The lowest BCUT2D eigenvalue weighted by atomic mass is 10.1. The monoisotopic (exact) mass is 244 g/mol. The summed E-state index contributed by atoms with van der Waals surface area (Å²) in [4.78, 5) is 2.22. The van der Waals surface area contributed by atoms with Crippen molar-refractivity contribution in [3.8, 4) is 0 Å². The topological polar surface area (TPSA) is 34.0 Å². The highest BCUT2D eigenvalue weighted by atomic mass is 19.3. The third-order valence-electron chi connectivity index (χ3n) is 3.09. The van der Waals surface area contributed by atoms with Gasteiger partial charge in [0, 0.05) is 25.6 Å². The van der Waals surface area contributed by atoms with Gasteiger partial charge in [-0.2, -0.15) is 8.78 Å². The van der Waals surface area contributed by atoms with Crippen molar-refractivity contribution in [3.05, 3.63) is 11.6 Å². The van der Waals surface area contributed by atoms with Crippen LogP contribution in [0.5, 0.6) is 0 Å². The van der Waals surface area contributed by atoms with E-state index in [1.54, 1.807) is 4.57 Å². The Bertz CT molecular complexity index is 414. The molecule has 0 radical (unpaired) electrons. The third-order valence-corrected chi connectivity index (χ3v) is 3.09. The van der Waals surface area contributed by atoms with Gasteiger partial charge in [-0.3, -0.25) is 4.90 Å². The smallest absolute Gasteiger partial charge is 0.304 e. The van der Waals surface area contributed by atoms with Gasteiger partial charge in [0.15, 0.2) is 0 Å². The molecule has 1 aromatic rings. The molecule has 0 fully saturated rings. The molecule has 2 heterocycles. The van der Waals surface area contributed by atoms with E-state index in [9.17, 15) is 8.78 Å². The van der Waals surface area contributed by atoms with Crippen LogP contribution in [-0.4, -0.2) is 31.7 Å². The molecule has 1 aromatic heterocycles. The molecule has 0 aromatic carbocycles. The highest BCUT2D eigenvalue weighted by Gasteiger charge is 2.36. The van der Waals surface area contributed by atoms with Crippen molar-refractivity contribution in [2.75, 3.05) is 6.54 Å².